The zero-order valence-electron chi connectivity index (χ0n) is 17.3. The monoisotopic (exact) mass is 646 g/mol. The molecule has 0 atom stereocenters. The van der Waals surface area contributed by atoms with Gasteiger partial charge < -0.3 is 10.6 Å². The highest BCUT2D eigenvalue weighted by atomic mass is 127. The molecule has 0 aliphatic rings. The molecule has 3 N–H and O–H groups in total. The fraction of sp³-hybridized carbons (Fsp3) is 0.0476. The van der Waals surface area contributed by atoms with E-state index in [9.17, 15) is 18.0 Å². The molecular weight excluding hydrogens is 631 g/mol. The lowest BCUT2D eigenvalue weighted by Crippen LogP contribution is -2.34. The first kappa shape index (κ1) is 24.9. The van der Waals surface area contributed by atoms with Gasteiger partial charge in [-0.2, -0.15) is 0 Å². The number of carbonyl (C=O) groups is 1. The molecule has 34 heavy (non-hydrogen) atoms. The van der Waals surface area contributed by atoms with E-state index in [1.807, 2.05) is 39.4 Å². The Labute approximate surface area is 222 Å². The quantitative estimate of drug-likeness (QED) is 0.177. The van der Waals surface area contributed by atoms with Crippen LogP contribution in [0.3, 0.4) is 0 Å². The summed E-state index contributed by atoms with van der Waals surface area (Å²) >= 11 is 13.2. The lowest BCUT2D eigenvalue weighted by Gasteiger charge is -2.14. The first-order valence-electron chi connectivity index (χ1n) is 9.54. The Morgan fingerprint density at radius 1 is 1.09 bits per heavy atom. The molecule has 0 aliphatic carbocycles. The van der Waals surface area contributed by atoms with Crippen LogP contribution in [0.25, 0.3) is 16.5 Å². The maximum Gasteiger partial charge on any atom is 0.333 e. The van der Waals surface area contributed by atoms with Crippen LogP contribution in [0.1, 0.15) is 0 Å². The number of halogens is 2. The number of thiophene rings is 1. The van der Waals surface area contributed by atoms with E-state index in [0.29, 0.717) is 29.6 Å². The van der Waals surface area contributed by atoms with Crippen LogP contribution in [0, 0.1) is 3.57 Å². The van der Waals surface area contributed by atoms with Crippen molar-refractivity contribution in [2.24, 2.45) is 0 Å². The standard InChI is InChI=1S/C21H16ClIN4O4S3/c1-24-11-2-4-13-14(8-11)17(32)10-27(20(13)28)16-5-3-12(9-15(16)23)25-21(29)26-34(30,31)19-7-6-18(22)33-19/h2-10,24,32H,1H3,(H2,25,26,29). The van der Waals surface area contributed by atoms with E-state index >= 15 is 0 Å². The molecule has 0 saturated heterocycles. The molecule has 8 nitrogen and oxygen atoms in total. The molecule has 13 heteroatoms. The number of urea groups is 1. The third-order valence-electron chi connectivity index (χ3n) is 4.79. The number of nitrogens with zero attached hydrogens (tertiary/aromatic N) is 1. The first-order chi connectivity index (χ1) is 16.1. The zero-order valence-corrected chi connectivity index (χ0v) is 22.7. The van der Waals surface area contributed by atoms with Crippen molar-refractivity contribution in [1.82, 2.24) is 9.29 Å². The summed E-state index contributed by atoms with van der Waals surface area (Å²) < 4.78 is 28.9. The van der Waals surface area contributed by atoms with Crippen molar-refractivity contribution in [3.05, 3.63) is 73.0 Å². The molecule has 0 bridgehead atoms. The summed E-state index contributed by atoms with van der Waals surface area (Å²) in [6.07, 6.45) is 1.64. The largest absolute Gasteiger partial charge is 0.388 e. The molecular formula is C21H16ClIN4O4S3. The van der Waals surface area contributed by atoms with Gasteiger partial charge >= 0.3 is 6.03 Å². The van der Waals surface area contributed by atoms with Crippen molar-refractivity contribution in [2.75, 3.05) is 17.7 Å². The second kappa shape index (κ2) is 9.77. The summed E-state index contributed by atoms with van der Waals surface area (Å²) in [4.78, 5) is 26.0. The number of hydrogen-bond acceptors (Lipinski definition) is 7. The average molecular weight is 647 g/mol. The minimum Gasteiger partial charge on any atom is -0.388 e. The van der Waals surface area contributed by atoms with Crippen LogP contribution in [0.2, 0.25) is 4.34 Å². The third-order valence-corrected chi connectivity index (χ3v) is 9.06. The fourth-order valence-corrected chi connectivity index (χ4v) is 6.67. The second-order valence-electron chi connectivity index (χ2n) is 6.98. The minimum atomic E-state index is -4.04. The van der Waals surface area contributed by atoms with E-state index in [4.69, 9.17) is 11.6 Å². The highest BCUT2D eigenvalue weighted by Gasteiger charge is 2.20. The number of hydrogen-bond donors (Lipinski definition) is 4. The van der Waals surface area contributed by atoms with Crippen molar-refractivity contribution in [3.63, 3.8) is 0 Å². The van der Waals surface area contributed by atoms with Gasteiger partial charge in [0.25, 0.3) is 15.6 Å². The van der Waals surface area contributed by atoms with Crippen LogP contribution in [0.5, 0.6) is 0 Å². The predicted molar refractivity (Wildman–Crippen MR) is 148 cm³/mol. The molecule has 4 rings (SSSR count). The van der Waals surface area contributed by atoms with E-state index in [-0.39, 0.29) is 9.77 Å². The SMILES string of the molecule is CNc1ccc2c(=O)n(-c3ccc(NC(=O)NS(=O)(=O)c4ccc(Cl)s4)cc3I)cc(S)c2c1. The predicted octanol–water partition coefficient (Wildman–Crippen LogP) is 5.15. The van der Waals surface area contributed by atoms with Crippen LogP contribution in [0.4, 0.5) is 16.2 Å². The van der Waals surface area contributed by atoms with Gasteiger partial charge in [0.2, 0.25) is 0 Å². The normalized spacial score (nSPS) is 11.4. The number of fused-ring (bicyclic) bond motifs is 1. The second-order valence-corrected chi connectivity index (χ2v) is 12.3. The Morgan fingerprint density at radius 2 is 1.82 bits per heavy atom. The molecule has 0 radical (unpaired) electrons. The van der Waals surface area contributed by atoms with Crippen LogP contribution in [-0.2, 0) is 10.0 Å². The molecule has 2 aromatic carbocycles. The lowest BCUT2D eigenvalue weighted by atomic mass is 10.1. The van der Waals surface area contributed by atoms with Gasteiger partial charge in [-0.1, -0.05) is 11.6 Å². The van der Waals surface area contributed by atoms with Gasteiger partial charge in [0.15, 0.2) is 0 Å². The van der Waals surface area contributed by atoms with Crippen molar-refractivity contribution < 1.29 is 13.2 Å². The van der Waals surface area contributed by atoms with E-state index < -0.39 is 16.1 Å². The summed E-state index contributed by atoms with van der Waals surface area (Å²) in [5.74, 6) is 0. The Balaban J connectivity index is 1.60. The van der Waals surface area contributed by atoms with Crippen LogP contribution < -0.4 is 20.9 Å². The molecule has 2 amide bonds. The van der Waals surface area contributed by atoms with Gasteiger partial charge in [0, 0.05) is 43.9 Å². The maximum atomic E-state index is 13.1. The Hall–Kier alpha value is -2.26. The van der Waals surface area contributed by atoms with E-state index in [0.717, 1.165) is 22.4 Å². The summed E-state index contributed by atoms with van der Waals surface area (Å²) in [5, 5.41) is 6.78. The summed E-state index contributed by atoms with van der Waals surface area (Å²) in [5.41, 5.74) is 1.59. The number of benzene rings is 2. The Bertz CT molecular complexity index is 1600. The summed E-state index contributed by atoms with van der Waals surface area (Å²) in [6, 6.07) is 12.1. The molecule has 2 heterocycles. The van der Waals surface area contributed by atoms with E-state index in [1.54, 1.807) is 37.5 Å². The van der Waals surface area contributed by atoms with Crippen molar-refractivity contribution in [2.45, 2.75) is 9.10 Å². The van der Waals surface area contributed by atoms with Gasteiger partial charge in [0.05, 0.1) is 10.0 Å². The lowest BCUT2D eigenvalue weighted by molar-refractivity contribution is 0.256. The topological polar surface area (TPSA) is 109 Å². The number of nitrogens with one attached hydrogen (secondary N) is 3. The Morgan fingerprint density at radius 3 is 2.47 bits per heavy atom. The minimum absolute atomic E-state index is 0.0716. The summed E-state index contributed by atoms with van der Waals surface area (Å²) in [6.45, 7) is 0. The zero-order chi connectivity index (χ0) is 24.6. The van der Waals surface area contributed by atoms with Crippen molar-refractivity contribution in [1.29, 1.82) is 0 Å². The molecule has 4 aromatic rings. The van der Waals surface area contributed by atoms with Gasteiger partial charge in [-0.25, -0.2) is 17.9 Å². The van der Waals surface area contributed by atoms with Crippen molar-refractivity contribution in [3.8, 4) is 5.69 Å². The molecule has 0 saturated carbocycles. The van der Waals surface area contributed by atoms with E-state index in [2.05, 4.69) is 23.3 Å². The first-order valence-corrected chi connectivity index (χ1v) is 13.7. The van der Waals surface area contributed by atoms with Crippen molar-refractivity contribution >= 4 is 96.4 Å². The summed E-state index contributed by atoms with van der Waals surface area (Å²) in [7, 11) is -2.25. The van der Waals surface area contributed by atoms with Gasteiger partial charge in [0.1, 0.15) is 4.21 Å². The number of amides is 2. The number of rotatable bonds is 5. The smallest absolute Gasteiger partial charge is 0.333 e. The van der Waals surface area contributed by atoms with Gasteiger partial charge in [-0.3, -0.25) is 9.36 Å². The number of carbonyl (C=O) groups excluding carboxylic acids is 1. The average Bonchev–Trinajstić information content (AvgIpc) is 3.23. The van der Waals surface area contributed by atoms with Crippen LogP contribution in [0.15, 0.2) is 68.6 Å². The highest BCUT2D eigenvalue weighted by Crippen LogP contribution is 2.27. The molecule has 0 spiro atoms. The van der Waals surface area contributed by atoms with E-state index in [1.165, 1.54) is 16.7 Å². The molecule has 176 valence electrons. The number of aromatic nitrogens is 1. The molecule has 0 unspecified atom stereocenters. The third kappa shape index (κ3) is 5.05. The number of anilines is 2. The van der Waals surface area contributed by atoms with Gasteiger partial charge in [-0.15, -0.1) is 24.0 Å². The van der Waals surface area contributed by atoms with Crippen LogP contribution >= 0.6 is 58.2 Å². The number of sulfonamides is 1. The molecule has 0 aliphatic heterocycles. The number of pyridine rings is 1. The fourth-order valence-electron chi connectivity index (χ4n) is 3.21. The maximum absolute atomic E-state index is 13.1. The molecule has 0 fully saturated rings. The van der Waals surface area contributed by atoms with Gasteiger partial charge in [-0.05, 0) is 71.1 Å². The Kier molecular flexibility index (Phi) is 7.14. The van der Waals surface area contributed by atoms with Crippen LogP contribution in [-0.4, -0.2) is 26.1 Å². The highest BCUT2D eigenvalue weighted by molar-refractivity contribution is 14.1. The molecule has 2 aromatic heterocycles. The number of thiol groups is 1.